The van der Waals surface area contributed by atoms with Crippen LogP contribution in [0.4, 0.5) is 5.69 Å². The Kier molecular flexibility index (Phi) is 5.20. The van der Waals surface area contributed by atoms with Crippen LogP contribution in [0.25, 0.3) is 0 Å². The lowest BCUT2D eigenvalue weighted by molar-refractivity contribution is -0.115. The summed E-state index contributed by atoms with van der Waals surface area (Å²) in [6, 6.07) is 8.81. The van der Waals surface area contributed by atoms with Gasteiger partial charge in [-0.1, -0.05) is 27.5 Å². The van der Waals surface area contributed by atoms with Crippen LogP contribution in [0.2, 0.25) is 5.02 Å². The number of amides is 1. The predicted molar refractivity (Wildman–Crippen MR) is 87.5 cm³/mol. The summed E-state index contributed by atoms with van der Waals surface area (Å²) < 4.78 is 5.68. The van der Waals surface area contributed by atoms with Gasteiger partial charge in [0, 0.05) is 11.1 Å². The number of nitrogens with zero attached hydrogens (tertiary/aromatic N) is 1. The molecule has 1 unspecified atom stereocenters. The number of halogens is 2. The van der Waals surface area contributed by atoms with Gasteiger partial charge in [0.2, 0.25) is 11.8 Å². The molecule has 1 heterocycles. The zero-order valence-corrected chi connectivity index (χ0v) is 13.9. The van der Waals surface area contributed by atoms with Crippen molar-refractivity contribution in [2.75, 3.05) is 5.32 Å². The van der Waals surface area contributed by atoms with E-state index in [-0.39, 0.29) is 10.7 Å². The van der Waals surface area contributed by atoms with Crippen molar-refractivity contribution in [2.45, 2.75) is 18.7 Å². The maximum Gasteiger partial charge on any atom is 0.237 e. The number of carbonyl (C=O) groups excluding carboxylic acids is 1. The molecule has 1 aromatic heterocycles. The Balaban J connectivity index is 2.07. The lowest BCUT2D eigenvalue weighted by Crippen LogP contribution is -2.19. The van der Waals surface area contributed by atoms with Crippen molar-refractivity contribution < 1.29 is 9.53 Å². The van der Waals surface area contributed by atoms with Gasteiger partial charge < -0.3 is 10.1 Å². The number of hydrogen-bond donors (Lipinski definition) is 1. The first-order valence-corrected chi connectivity index (χ1v) is 7.60. The first kappa shape index (κ1) is 15.8. The van der Waals surface area contributed by atoms with E-state index in [0.717, 1.165) is 5.56 Å². The summed E-state index contributed by atoms with van der Waals surface area (Å²) in [5, 5.41) is 3.39. The average molecular weight is 370 g/mol. The summed E-state index contributed by atoms with van der Waals surface area (Å²) >= 11 is 9.10. The van der Waals surface area contributed by atoms with Crippen molar-refractivity contribution >= 4 is 39.1 Å². The number of pyridine rings is 1. The molecule has 0 spiro atoms. The molecule has 6 heteroatoms. The SMILES string of the molecule is Cc1cc(Cl)ccc1Oc1ccc(NC(=O)C(C)Br)cn1. The van der Waals surface area contributed by atoms with Crippen LogP contribution >= 0.6 is 27.5 Å². The first-order chi connectivity index (χ1) is 9.95. The molecule has 2 rings (SSSR count). The molecule has 0 radical (unpaired) electrons. The molecule has 0 bridgehead atoms. The van der Waals surface area contributed by atoms with E-state index in [1.165, 1.54) is 0 Å². The first-order valence-electron chi connectivity index (χ1n) is 6.30. The minimum Gasteiger partial charge on any atom is -0.439 e. The second kappa shape index (κ2) is 6.91. The largest absolute Gasteiger partial charge is 0.439 e. The van der Waals surface area contributed by atoms with Crippen LogP contribution in [0.5, 0.6) is 11.6 Å². The topological polar surface area (TPSA) is 51.2 Å². The van der Waals surface area contributed by atoms with Crippen molar-refractivity contribution in [3.63, 3.8) is 0 Å². The third-order valence-electron chi connectivity index (χ3n) is 2.72. The summed E-state index contributed by atoms with van der Waals surface area (Å²) in [6.45, 7) is 3.66. The van der Waals surface area contributed by atoms with E-state index in [1.54, 1.807) is 37.4 Å². The van der Waals surface area contributed by atoms with Crippen LogP contribution in [0.15, 0.2) is 36.5 Å². The van der Waals surface area contributed by atoms with Gasteiger partial charge in [-0.3, -0.25) is 4.79 Å². The van der Waals surface area contributed by atoms with Gasteiger partial charge in [-0.2, -0.15) is 0 Å². The standard InChI is InChI=1S/C15H14BrClN2O2/c1-9-7-11(17)3-5-13(9)21-14-6-4-12(8-18-14)19-15(20)10(2)16/h3-8,10H,1-2H3,(H,19,20). The van der Waals surface area contributed by atoms with E-state index in [0.29, 0.717) is 22.3 Å². The smallest absolute Gasteiger partial charge is 0.237 e. The highest BCUT2D eigenvalue weighted by Crippen LogP contribution is 2.26. The van der Waals surface area contributed by atoms with Crippen LogP contribution in [0, 0.1) is 6.92 Å². The summed E-state index contributed by atoms with van der Waals surface area (Å²) in [6.07, 6.45) is 1.55. The summed E-state index contributed by atoms with van der Waals surface area (Å²) in [4.78, 5) is 15.4. The van der Waals surface area contributed by atoms with Crippen LogP contribution < -0.4 is 10.1 Å². The number of alkyl halides is 1. The van der Waals surface area contributed by atoms with Gasteiger partial charge in [0.1, 0.15) is 5.75 Å². The van der Waals surface area contributed by atoms with E-state index < -0.39 is 0 Å². The molecule has 1 amide bonds. The minimum atomic E-state index is -0.259. The molecule has 21 heavy (non-hydrogen) atoms. The zero-order valence-electron chi connectivity index (χ0n) is 11.6. The molecule has 110 valence electrons. The fraction of sp³-hybridized carbons (Fsp3) is 0.200. The minimum absolute atomic E-state index is 0.126. The van der Waals surface area contributed by atoms with E-state index in [9.17, 15) is 4.79 Å². The fourth-order valence-corrected chi connectivity index (χ4v) is 1.94. The zero-order chi connectivity index (χ0) is 15.4. The number of benzene rings is 1. The van der Waals surface area contributed by atoms with Gasteiger partial charge in [-0.05, 0) is 43.7 Å². The Hall–Kier alpha value is -1.59. The second-order valence-electron chi connectivity index (χ2n) is 4.50. The van der Waals surface area contributed by atoms with Crippen LogP contribution in [0.1, 0.15) is 12.5 Å². The van der Waals surface area contributed by atoms with Gasteiger partial charge in [0.25, 0.3) is 0 Å². The number of aryl methyl sites for hydroxylation is 1. The molecule has 0 fully saturated rings. The van der Waals surface area contributed by atoms with Gasteiger partial charge in [0.15, 0.2) is 0 Å². The van der Waals surface area contributed by atoms with Crippen molar-refractivity contribution in [2.24, 2.45) is 0 Å². The fourth-order valence-electron chi connectivity index (χ4n) is 1.60. The number of aromatic nitrogens is 1. The Morgan fingerprint density at radius 2 is 2.14 bits per heavy atom. The van der Waals surface area contributed by atoms with Gasteiger partial charge >= 0.3 is 0 Å². The quantitative estimate of drug-likeness (QED) is 0.804. The maximum atomic E-state index is 11.5. The van der Waals surface area contributed by atoms with Crippen LogP contribution in [-0.4, -0.2) is 15.7 Å². The van der Waals surface area contributed by atoms with Crippen molar-refractivity contribution in [1.29, 1.82) is 0 Å². The molecular formula is C15H14BrClN2O2. The lowest BCUT2D eigenvalue weighted by Gasteiger charge is -2.09. The van der Waals surface area contributed by atoms with Crippen molar-refractivity contribution in [1.82, 2.24) is 4.98 Å². The van der Waals surface area contributed by atoms with E-state index >= 15 is 0 Å². The number of anilines is 1. The van der Waals surface area contributed by atoms with Crippen molar-refractivity contribution in [3.8, 4) is 11.6 Å². The molecule has 0 saturated carbocycles. The van der Waals surface area contributed by atoms with Crippen molar-refractivity contribution in [3.05, 3.63) is 47.1 Å². The van der Waals surface area contributed by atoms with Crippen LogP contribution in [-0.2, 0) is 4.79 Å². The molecule has 0 saturated heterocycles. The third-order valence-corrected chi connectivity index (χ3v) is 3.37. The molecule has 2 aromatic rings. The molecule has 1 atom stereocenters. The Morgan fingerprint density at radius 1 is 1.38 bits per heavy atom. The Labute approximate surface area is 136 Å². The molecule has 1 N–H and O–H groups in total. The molecule has 1 aromatic carbocycles. The molecule has 0 aliphatic heterocycles. The van der Waals surface area contributed by atoms with Crippen LogP contribution in [0.3, 0.4) is 0 Å². The molecule has 0 aliphatic rings. The average Bonchev–Trinajstić information content (AvgIpc) is 2.43. The van der Waals surface area contributed by atoms with E-state index in [2.05, 4.69) is 26.2 Å². The summed E-state index contributed by atoms with van der Waals surface area (Å²) in [5.74, 6) is 1.02. The van der Waals surface area contributed by atoms with E-state index in [1.807, 2.05) is 13.0 Å². The number of ether oxygens (including phenoxy) is 1. The second-order valence-corrected chi connectivity index (χ2v) is 6.31. The van der Waals surface area contributed by atoms with Gasteiger partial charge in [-0.15, -0.1) is 0 Å². The monoisotopic (exact) mass is 368 g/mol. The third kappa shape index (κ3) is 4.44. The highest BCUT2D eigenvalue weighted by Gasteiger charge is 2.09. The summed E-state index contributed by atoms with van der Waals surface area (Å²) in [5.41, 5.74) is 1.54. The molecule has 0 aliphatic carbocycles. The number of rotatable bonds is 4. The maximum absolute atomic E-state index is 11.5. The van der Waals surface area contributed by atoms with Gasteiger partial charge in [0.05, 0.1) is 16.7 Å². The number of nitrogens with one attached hydrogen (secondary N) is 1. The number of hydrogen-bond acceptors (Lipinski definition) is 3. The lowest BCUT2D eigenvalue weighted by atomic mass is 10.2. The normalized spacial score (nSPS) is 11.8. The highest BCUT2D eigenvalue weighted by molar-refractivity contribution is 9.10. The van der Waals surface area contributed by atoms with E-state index in [4.69, 9.17) is 16.3 Å². The Bertz CT molecular complexity index is 645. The summed E-state index contributed by atoms with van der Waals surface area (Å²) in [7, 11) is 0. The molecule has 4 nitrogen and oxygen atoms in total. The Morgan fingerprint density at radius 3 is 2.71 bits per heavy atom. The highest BCUT2D eigenvalue weighted by atomic mass is 79.9. The van der Waals surface area contributed by atoms with Gasteiger partial charge in [-0.25, -0.2) is 4.98 Å². The predicted octanol–water partition coefficient (Wildman–Crippen LogP) is 4.56. The molecular weight excluding hydrogens is 356 g/mol. The number of carbonyl (C=O) groups is 1.